The molecule has 0 aliphatic carbocycles. The van der Waals surface area contributed by atoms with Crippen LogP contribution in [0.25, 0.3) is 10.2 Å². The van der Waals surface area contributed by atoms with Crippen LogP contribution < -0.4 is 14.3 Å². The maximum atomic E-state index is 13.0. The number of benzene rings is 3. The monoisotopic (exact) mass is 555 g/mol. The number of thiazole rings is 1. The highest BCUT2D eigenvalue weighted by Crippen LogP contribution is 2.21. The number of methoxy groups -OCH3 is 3. The van der Waals surface area contributed by atoms with E-state index in [0.29, 0.717) is 35.0 Å². The van der Waals surface area contributed by atoms with E-state index in [0.717, 1.165) is 10.2 Å². The van der Waals surface area contributed by atoms with E-state index in [9.17, 15) is 18.0 Å². The molecule has 0 atom stereocenters. The Morgan fingerprint density at radius 2 is 1.63 bits per heavy atom. The third-order valence-electron chi connectivity index (χ3n) is 5.57. The van der Waals surface area contributed by atoms with Crippen LogP contribution >= 0.6 is 11.3 Å². The molecule has 1 amide bonds. The van der Waals surface area contributed by atoms with Gasteiger partial charge in [-0.15, -0.1) is 0 Å². The van der Waals surface area contributed by atoms with Gasteiger partial charge in [0, 0.05) is 24.9 Å². The highest BCUT2D eigenvalue weighted by Gasteiger charge is 2.16. The van der Waals surface area contributed by atoms with Crippen LogP contribution in [0, 0.1) is 0 Å². The molecule has 0 unspecified atom stereocenters. The van der Waals surface area contributed by atoms with Crippen molar-refractivity contribution in [3.05, 3.63) is 82.7 Å². The van der Waals surface area contributed by atoms with Crippen LogP contribution in [-0.2, 0) is 26.0 Å². The van der Waals surface area contributed by atoms with Crippen molar-refractivity contribution in [2.24, 2.45) is 4.99 Å². The first kappa shape index (κ1) is 27.0. The number of carbonyl (C=O) groups is 2. The van der Waals surface area contributed by atoms with Gasteiger partial charge in [0.05, 0.1) is 41.5 Å². The number of fused-ring (bicyclic) bond motifs is 1. The summed E-state index contributed by atoms with van der Waals surface area (Å²) in [5.74, 6) is -0.414. The molecule has 198 valence electrons. The molecule has 38 heavy (non-hydrogen) atoms. The predicted molar refractivity (Wildman–Crippen MR) is 143 cm³/mol. The van der Waals surface area contributed by atoms with Crippen molar-refractivity contribution in [2.45, 2.75) is 11.4 Å². The second kappa shape index (κ2) is 11.6. The maximum absolute atomic E-state index is 13.0. The Balaban J connectivity index is 1.60. The predicted octanol–water partition coefficient (Wildman–Crippen LogP) is 3.69. The molecule has 4 rings (SSSR count). The van der Waals surface area contributed by atoms with Gasteiger partial charge in [-0.25, -0.2) is 13.2 Å². The van der Waals surface area contributed by atoms with E-state index in [4.69, 9.17) is 14.2 Å². The van der Waals surface area contributed by atoms with E-state index in [1.54, 1.807) is 37.4 Å². The summed E-state index contributed by atoms with van der Waals surface area (Å²) in [6.07, 6.45) is 0. The molecule has 1 heterocycles. The number of hydrogen-bond donors (Lipinski definition) is 1. The van der Waals surface area contributed by atoms with Crippen LogP contribution in [-0.4, -0.2) is 52.8 Å². The van der Waals surface area contributed by atoms with Crippen LogP contribution in [0.5, 0.6) is 5.75 Å². The van der Waals surface area contributed by atoms with Crippen LogP contribution in [0.4, 0.5) is 5.69 Å². The highest BCUT2D eigenvalue weighted by molar-refractivity contribution is 7.92. The zero-order valence-corrected chi connectivity index (χ0v) is 22.5. The molecule has 3 aromatic carbocycles. The summed E-state index contributed by atoms with van der Waals surface area (Å²) in [7, 11) is 0.571. The first-order valence-electron chi connectivity index (χ1n) is 11.3. The first-order chi connectivity index (χ1) is 18.2. The number of ether oxygens (including phenoxy) is 3. The third-order valence-corrected chi connectivity index (χ3v) is 8.01. The molecule has 1 aromatic heterocycles. The van der Waals surface area contributed by atoms with Gasteiger partial charge < -0.3 is 18.8 Å². The fourth-order valence-corrected chi connectivity index (χ4v) is 5.76. The Hall–Kier alpha value is -4.00. The largest absolute Gasteiger partial charge is 0.497 e. The van der Waals surface area contributed by atoms with Crippen molar-refractivity contribution < 1.29 is 32.2 Å². The normalized spacial score (nSPS) is 11.9. The van der Waals surface area contributed by atoms with Gasteiger partial charge in [0.25, 0.3) is 15.9 Å². The number of hydrogen-bond acceptors (Lipinski definition) is 8. The van der Waals surface area contributed by atoms with Crippen molar-refractivity contribution in [1.29, 1.82) is 0 Å². The highest BCUT2D eigenvalue weighted by atomic mass is 32.2. The number of anilines is 1. The first-order valence-corrected chi connectivity index (χ1v) is 13.6. The van der Waals surface area contributed by atoms with Gasteiger partial charge in [-0.1, -0.05) is 11.3 Å². The Morgan fingerprint density at radius 3 is 2.26 bits per heavy atom. The minimum absolute atomic E-state index is 0.0779. The van der Waals surface area contributed by atoms with E-state index in [2.05, 4.69) is 9.71 Å². The molecule has 0 fully saturated rings. The number of nitrogens with zero attached hydrogens (tertiary/aromatic N) is 2. The standard InChI is InChI=1S/C26H25N3O7S2/c1-34-15-14-29-22-13-6-18(25(31)36-3)16-23(22)37-26(29)27-24(30)17-4-7-19(8-5-17)28-38(32,33)21-11-9-20(35-2)10-12-21/h4-13,16,28H,14-15H2,1-3H3. The van der Waals surface area contributed by atoms with Crippen LogP contribution in [0.1, 0.15) is 20.7 Å². The van der Waals surface area contributed by atoms with Crippen molar-refractivity contribution in [3.8, 4) is 5.75 Å². The molecule has 4 aromatic rings. The van der Waals surface area contributed by atoms with Gasteiger partial charge in [0.15, 0.2) is 4.80 Å². The van der Waals surface area contributed by atoms with Crippen LogP contribution in [0.15, 0.2) is 76.6 Å². The van der Waals surface area contributed by atoms with Gasteiger partial charge in [-0.3, -0.25) is 9.52 Å². The van der Waals surface area contributed by atoms with E-state index < -0.39 is 21.9 Å². The lowest BCUT2D eigenvalue weighted by Crippen LogP contribution is -2.19. The minimum Gasteiger partial charge on any atom is -0.497 e. The average molecular weight is 556 g/mol. The third kappa shape index (κ3) is 5.93. The quantitative estimate of drug-likeness (QED) is 0.312. The summed E-state index contributed by atoms with van der Waals surface area (Å²) in [4.78, 5) is 29.7. The molecule has 0 spiro atoms. The van der Waals surface area contributed by atoms with E-state index in [1.807, 2.05) is 4.57 Å². The van der Waals surface area contributed by atoms with Gasteiger partial charge in [-0.05, 0) is 66.7 Å². The molecule has 0 saturated carbocycles. The molecule has 0 radical (unpaired) electrons. The number of aromatic nitrogens is 1. The molecule has 0 aliphatic heterocycles. The fraction of sp³-hybridized carbons (Fsp3) is 0.192. The summed E-state index contributed by atoms with van der Waals surface area (Å²) in [6, 6.07) is 17.1. The fourth-order valence-electron chi connectivity index (χ4n) is 3.60. The van der Waals surface area contributed by atoms with Gasteiger partial charge in [-0.2, -0.15) is 4.99 Å². The zero-order chi connectivity index (χ0) is 27.3. The number of carbonyl (C=O) groups excluding carboxylic acids is 2. The van der Waals surface area contributed by atoms with E-state index in [1.165, 1.54) is 62.0 Å². The second-order valence-electron chi connectivity index (χ2n) is 7.98. The Kier molecular flexibility index (Phi) is 8.25. The number of esters is 1. The lowest BCUT2D eigenvalue weighted by molar-refractivity contribution is 0.0600. The van der Waals surface area contributed by atoms with E-state index >= 15 is 0 Å². The molecule has 0 saturated heterocycles. The lowest BCUT2D eigenvalue weighted by atomic mass is 10.2. The lowest BCUT2D eigenvalue weighted by Gasteiger charge is -2.09. The Labute approximate surface area is 223 Å². The zero-order valence-electron chi connectivity index (χ0n) is 20.8. The summed E-state index contributed by atoms with van der Waals surface area (Å²) in [6.45, 7) is 0.848. The summed E-state index contributed by atoms with van der Waals surface area (Å²) < 4.78 is 45.5. The second-order valence-corrected chi connectivity index (χ2v) is 10.7. The summed E-state index contributed by atoms with van der Waals surface area (Å²) >= 11 is 1.26. The maximum Gasteiger partial charge on any atom is 0.337 e. The number of rotatable bonds is 9. The van der Waals surface area contributed by atoms with Crippen molar-refractivity contribution in [1.82, 2.24) is 4.57 Å². The average Bonchev–Trinajstić information content (AvgIpc) is 3.27. The Morgan fingerprint density at radius 1 is 0.947 bits per heavy atom. The van der Waals surface area contributed by atoms with Crippen molar-refractivity contribution in [2.75, 3.05) is 32.7 Å². The van der Waals surface area contributed by atoms with Crippen molar-refractivity contribution >= 4 is 49.1 Å². The molecule has 0 aliphatic rings. The van der Waals surface area contributed by atoms with Crippen molar-refractivity contribution in [3.63, 3.8) is 0 Å². The number of amides is 1. The Bertz CT molecular complexity index is 1640. The minimum atomic E-state index is -3.82. The van der Waals surface area contributed by atoms with Gasteiger partial charge >= 0.3 is 5.97 Å². The van der Waals surface area contributed by atoms with Crippen LogP contribution in [0.2, 0.25) is 0 Å². The van der Waals surface area contributed by atoms with Crippen LogP contribution in [0.3, 0.4) is 0 Å². The van der Waals surface area contributed by atoms with Gasteiger partial charge in [0.1, 0.15) is 5.75 Å². The topological polar surface area (TPSA) is 125 Å². The number of sulfonamides is 1. The summed E-state index contributed by atoms with van der Waals surface area (Å²) in [5, 5.41) is 0. The molecule has 10 nitrogen and oxygen atoms in total. The van der Waals surface area contributed by atoms with Gasteiger partial charge in [0.2, 0.25) is 0 Å². The summed E-state index contributed by atoms with van der Waals surface area (Å²) in [5.41, 5.74) is 1.77. The molecular weight excluding hydrogens is 530 g/mol. The SMILES string of the molecule is COCCn1c(=NC(=O)c2ccc(NS(=O)(=O)c3ccc(OC)cc3)cc2)sc2cc(C(=O)OC)ccc21. The number of nitrogens with one attached hydrogen (secondary N) is 1. The molecule has 12 heteroatoms. The molecular formula is C26H25N3O7S2. The van der Waals surface area contributed by atoms with E-state index in [-0.39, 0.29) is 10.5 Å². The molecule has 1 N–H and O–H groups in total. The molecule has 0 bridgehead atoms. The smallest absolute Gasteiger partial charge is 0.337 e.